The predicted molar refractivity (Wildman–Crippen MR) is 195 cm³/mol. The fourth-order valence-corrected chi connectivity index (χ4v) is 7.17. The highest BCUT2D eigenvalue weighted by atomic mass is 32.2. The van der Waals surface area contributed by atoms with Gasteiger partial charge in [0.1, 0.15) is 0 Å². The van der Waals surface area contributed by atoms with Crippen molar-refractivity contribution in [1.82, 2.24) is 30.2 Å². The number of nitrogens with zero attached hydrogens (tertiary/aromatic N) is 5. The first kappa shape index (κ1) is 30.2. The Bertz CT molecular complexity index is 2310. The van der Waals surface area contributed by atoms with Crippen LogP contribution < -0.4 is 5.56 Å². The number of hydrogen-bond donors (Lipinski definition) is 1. The second-order valence-electron chi connectivity index (χ2n) is 11.6. The largest absolute Gasteiger partial charge is 0.301 e. The summed E-state index contributed by atoms with van der Waals surface area (Å²) >= 11 is 1.51. The van der Waals surface area contributed by atoms with Gasteiger partial charge in [-0.15, -0.1) is 15.0 Å². The third-order valence-corrected chi connectivity index (χ3v) is 9.63. The highest BCUT2D eigenvalue weighted by molar-refractivity contribution is 7.98. The third kappa shape index (κ3) is 5.72. The van der Waals surface area contributed by atoms with Crippen molar-refractivity contribution in [2.24, 2.45) is 0 Å². The molecule has 0 aliphatic carbocycles. The summed E-state index contributed by atoms with van der Waals surface area (Å²) in [6, 6.07) is 55.0. The number of para-hydroxylation sites is 1. The molecule has 0 aliphatic rings. The minimum absolute atomic E-state index is 0.126. The van der Waals surface area contributed by atoms with Crippen LogP contribution in [-0.2, 0) is 11.3 Å². The van der Waals surface area contributed by atoms with Crippen molar-refractivity contribution < 1.29 is 0 Å². The molecule has 0 bridgehead atoms. The number of fused-ring (bicyclic) bond motifs is 1. The molecule has 49 heavy (non-hydrogen) atoms. The lowest BCUT2D eigenvalue weighted by molar-refractivity contribution is 0.396. The van der Waals surface area contributed by atoms with E-state index in [1.54, 1.807) is 10.9 Å². The van der Waals surface area contributed by atoms with Gasteiger partial charge in [-0.3, -0.25) is 4.79 Å². The maximum atomic E-state index is 12.5. The SMILES string of the molecule is O=c1[nH]c(SCc2ccc(-c3ccccc3-c3nnn(C(c4ccccc4)(c4ccccc4)c4ccccc4)n3)cc2)nc2ccccc12. The van der Waals surface area contributed by atoms with Crippen LogP contribution in [0.15, 0.2) is 174 Å². The Labute approximate surface area is 287 Å². The molecular weight excluding hydrogens is 625 g/mol. The topological polar surface area (TPSA) is 89.4 Å². The first-order chi connectivity index (χ1) is 24.2. The van der Waals surface area contributed by atoms with Crippen molar-refractivity contribution in [3.63, 3.8) is 0 Å². The average molecular weight is 655 g/mol. The molecule has 0 atom stereocenters. The summed E-state index contributed by atoms with van der Waals surface area (Å²) in [5, 5.41) is 15.8. The quantitative estimate of drug-likeness (QED) is 0.0956. The third-order valence-electron chi connectivity index (χ3n) is 8.69. The van der Waals surface area contributed by atoms with Crippen molar-refractivity contribution in [3.8, 4) is 22.5 Å². The number of aromatic nitrogens is 6. The fourth-order valence-electron chi connectivity index (χ4n) is 6.34. The van der Waals surface area contributed by atoms with E-state index in [0.29, 0.717) is 27.6 Å². The summed E-state index contributed by atoms with van der Waals surface area (Å²) in [5.74, 6) is 1.20. The average Bonchev–Trinajstić information content (AvgIpc) is 3.66. The molecule has 8 rings (SSSR count). The van der Waals surface area contributed by atoms with Crippen molar-refractivity contribution in [2.45, 2.75) is 16.4 Å². The molecule has 0 saturated heterocycles. The maximum absolute atomic E-state index is 12.5. The Morgan fingerprint density at radius 3 is 1.80 bits per heavy atom. The molecule has 8 aromatic rings. The Hall–Kier alpha value is -6.12. The molecule has 8 heteroatoms. The molecule has 0 unspecified atom stereocenters. The van der Waals surface area contributed by atoms with Gasteiger partial charge >= 0.3 is 0 Å². The predicted octanol–water partition coefficient (Wildman–Crippen LogP) is 8.38. The molecule has 2 aromatic heterocycles. The number of H-pyrrole nitrogens is 1. The van der Waals surface area contributed by atoms with E-state index in [2.05, 4.69) is 81.8 Å². The standard InChI is InChI=1S/C41H30N6OS/c48-39-36-22-12-13-23-37(36)42-40(43-39)49-28-29-24-26-30(27-25-29)34-20-10-11-21-35(34)38-44-46-47(45-38)41(31-14-4-1-5-15-31,32-16-6-2-7-17-32)33-18-8-3-9-19-33/h1-27H,28H2,(H,42,43,48). The van der Waals surface area contributed by atoms with E-state index in [4.69, 9.17) is 10.3 Å². The number of rotatable bonds is 9. The molecule has 7 nitrogen and oxygen atoms in total. The zero-order valence-electron chi connectivity index (χ0n) is 26.3. The lowest BCUT2D eigenvalue weighted by Crippen LogP contribution is -2.39. The van der Waals surface area contributed by atoms with Gasteiger partial charge in [-0.05, 0) is 50.7 Å². The highest BCUT2D eigenvalue weighted by Gasteiger charge is 2.41. The molecule has 236 valence electrons. The summed E-state index contributed by atoms with van der Waals surface area (Å²) in [6.07, 6.45) is 0. The summed E-state index contributed by atoms with van der Waals surface area (Å²) in [5.41, 5.74) is 6.85. The molecule has 0 radical (unpaired) electrons. The zero-order chi connectivity index (χ0) is 33.0. The van der Waals surface area contributed by atoms with Crippen molar-refractivity contribution in [3.05, 3.63) is 196 Å². The minimum Gasteiger partial charge on any atom is -0.301 e. The van der Waals surface area contributed by atoms with Crippen LogP contribution >= 0.6 is 11.8 Å². The van der Waals surface area contributed by atoms with Gasteiger partial charge in [-0.25, -0.2) is 4.98 Å². The van der Waals surface area contributed by atoms with Gasteiger partial charge in [0.15, 0.2) is 10.7 Å². The van der Waals surface area contributed by atoms with Crippen LogP contribution in [0.2, 0.25) is 0 Å². The van der Waals surface area contributed by atoms with E-state index in [1.165, 1.54) is 11.8 Å². The molecule has 1 N–H and O–H groups in total. The normalized spacial score (nSPS) is 11.5. The van der Waals surface area contributed by atoms with Gasteiger partial charge in [0.25, 0.3) is 5.56 Å². The van der Waals surface area contributed by atoms with Gasteiger partial charge in [-0.1, -0.05) is 163 Å². The van der Waals surface area contributed by atoms with Crippen molar-refractivity contribution in [1.29, 1.82) is 0 Å². The Balaban J connectivity index is 1.14. The molecule has 0 spiro atoms. The number of nitrogens with one attached hydrogen (secondary N) is 1. The van der Waals surface area contributed by atoms with Crippen LogP contribution in [0.25, 0.3) is 33.4 Å². The van der Waals surface area contributed by atoms with Crippen LogP contribution in [-0.4, -0.2) is 30.2 Å². The smallest absolute Gasteiger partial charge is 0.259 e. The molecular formula is C41H30N6OS. The molecule has 0 aliphatic heterocycles. The van der Waals surface area contributed by atoms with Crippen LogP contribution in [0.3, 0.4) is 0 Å². The first-order valence-electron chi connectivity index (χ1n) is 16.0. The van der Waals surface area contributed by atoms with Gasteiger partial charge in [-0.2, -0.15) is 0 Å². The lowest BCUT2D eigenvalue weighted by Gasteiger charge is -2.34. The summed E-state index contributed by atoms with van der Waals surface area (Å²) < 4.78 is 0. The highest BCUT2D eigenvalue weighted by Crippen LogP contribution is 2.40. The van der Waals surface area contributed by atoms with E-state index in [-0.39, 0.29) is 5.56 Å². The Morgan fingerprint density at radius 1 is 0.612 bits per heavy atom. The van der Waals surface area contributed by atoms with Gasteiger partial charge in [0, 0.05) is 11.3 Å². The van der Waals surface area contributed by atoms with Gasteiger partial charge in [0.2, 0.25) is 5.82 Å². The maximum Gasteiger partial charge on any atom is 0.259 e. The van der Waals surface area contributed by atoms with E-state index < -0.39 is 5.54 Å². The molecule has 0 saturated carbocycles. The Morgan fingerprint density at radius 2 is 1.16 bits per heavy atom. The van der Waals surface area contributed by atoms with E-state index in [9.17, 15) is 4.79 Å². The number of hydrogen-bond acceptors (Lipinski definition) is 6. The molecule has 0 amide bonds. The summed E-state index contributed by atoms with van der Waals surface area (Å²) in [6.45, 7) is 0. The van der Waals surface area contributed by atoms with Gasteiger partial charge < -0.3 is 4.98 Å². The van der Waals surface area contributed by atoms with E-state index in [0.717, 1.165) is 38.9 Å². The Kier molecular flexibility index (Phi) is 8.13. The zero-order valence-corrected chi connectivity index (χ0v) is 27.2. The van der Waals surface area contributed by atoms with Crippen LogP contribution in [0.1, 0.15) is 22.3 Å². The fraction of sp³-hybridized carbons (Fsp3) is 0.0488. The van der Waals surface area contributed by atoms with Gasteiger partial charge in [0.05, 0.1) is 10.9 Å². The molecule has 0 fully saturated rings. The molecule has 6 aromatic carbocycles. The summed E-state index contributed by atoms with van der Waals surface area (Å²) in [7, 11) is 0. The van der Waals surface area contributed by atoms with Crippen LogP contribution in [0.4, 0.5) is 0 Å². The number of tetrazole rings is 1. The van der Waals surface area contributed by atoms with Crippen LogP contribution in [0, 0.1) is 0 Å². The first-order valence-corrected chi connectivity index (χ1v) is 17.0. The lowest BCUT2D eigenvalue weighted by atomic mass is 9.77. The van der Waals surface area contributed by atoms with Crippen molar-refractivity contribution in [2.75, 3.05) is 0 Å². The number of aromatic amines is 1. The molecule has 2 heterocycles. The number of benzene rings is 6. The van der Waals surface area contributed by atoms with Crippen molar-refractivity contribution >= 4 is 22.7 Å². The summed E-state index contributed by atoms with van der Waals surface area (Å²) in [4.78, 5) is 21.8. The monoisotopic (exact) mass is 654 g/mol. The van der Waals surface area contributed by atoms with Crippen LogP contribution in [0.5, 0.6) is 0 Å². The second kappa shape index (κ2) is 13.2. The van der Waals surface area contributed by atoms with E-state index >= 15 is 0 Å². The minimum atomic E-state index is -0.854. The second-order valence-corrected chi connectivity index (χ2v) is 12.6. The number of thioether (sulfide) groups is 1. The van der Waals surface area contributed by atoms with E-state index in [1.807, 2.05) is 91.0 Å².